The minimum Gasteiger partial charge on any atom is -0.298 e. The van der Waals surface area contributed by atoms with Crippen molar-refractivity contribution >= 4 is 18.4 Å². The van der Waals surface area contributed by atoms with Crippen LogP contribution in [-0.2, 0) is 0 Å². The quantitative estimate of drug-likeness (QED) is 0.680. The molecular formula is C19H16N2O. The highest BCUT2D eigenvalue weighted by Crippen LogP contribution is 2.08. The highest BCUT2D eigenvalue weighted by atomic mass is 16.1. The molecule has 0 N–H and O–H groups in total. The maximum absolute atomic E-state index is 10.5. The third kappa shape index (κ3) is 5.51. The van der Waals surface area contributed by atoms with E-state index in [1.165, 1.54) is 0 Å². The molecule has 3 rings (SSSR count). The number of rotatable bonds is 3. The van der Waals surface area contributed by atoms with Crippen LogP contribution in [0.1, 0.15) is 21.5 Å². The van der Waals surface area contributed by atoms with Crippen LogP contribution in [0.5, 0.6) is 0 Å². The molecule has 22 heavy (non-hydrogen) atoms. The van der Waals surface area contributed by atoms with Crippen LogP contribution in [0.4, 0.5) is 0 Å². The molecule has 3 heteroatoms. The van der Waals surface area contributed by atoms with Crippen molar-refractivity contribution in [2.45, 2.75) is 0 Å². The maximum Gasteiger partial charge on any atom is 0.150 e. The first kappa shape index (κ1) is 15.3. The number of hydrogen-bond acceptors (Lipinski definition) is 3. The number of aromatic nitrogens is 2. The van der Waals surface area contributed by atoms with Crippen molar-refractivity contribution in [2.24, 2.45) is 0 Å². The van der Waals surface area contributed by atoms with Crippen LogP contribution in [0.15, 0.2) is 79.4 Å². The Morgan fingerprint density at radius 3 is 1.55 bits per heavy atom. The molecule has 0 bridgehead atoms. The molecule has 1 aromatic carbocycles. The number of hydrogen-bond donors (Lipinski definition) is 0. The lowest BCUT2D eigenvalue weighted by molar-refractivity contribution is 0.112. The summed E-state index contributed by atoms with van der Waals surface area (Å²) in [6.07, 6.45) is 11.9. The zero-order chi connectivity index (χ0) is 15.5. The van der Waals surface area contributed by atoms with Gasteiger partial charge in [0.15, 0.2) is 0 Å². The van der Waals surface area contributed by atoms with Crippen LogP contribution in [0.25, 0.3) is 12.2 Å². The summed E-state index contributed by atoms with van der Waals surface area (Å²) < 4.78 is 0. The topological polar surface area (TPSA) is 42.9 Å². The molecule has 0 aliphatic heterocycles. The molecule has 2 aromatic heterocycles. The van der Waals surface area contributed by atoms with Gasteiger partial charge in [0.05, 0.1) is 0 Å². The van der Waals surface area contributed by atoms with Gasteiger partial charge >= 0.3 is 0 Å². The summed E-state index contributed by atoms with van der Waals surface area (Å²) in [4.78, 5) is 18.2. The minimum atomic E-state index is 0.695. The molecule has 108 valence electrons. The maximum atomic E-state index is 10.5. The summed E-state index contributed by atoms with van der Waals surface area (Å²) in [7, 11) is 0. The second kappa shape index (κ2) is 8.97. The van der Waals surface area contributed by atoms with E-state index in [2.05, 4.69) is 9.97 Å². The molecule has 0 atom stereocenters. The van der Waals surface area contributed by atoms with Gasteiger partial charge in [-0.25, -0.2) is 0 Å². The first-order chi connectivity index (χ1) is 10.9. The van der Waals surface area contributed by atoms with Crippen LogP contribution in [-0.4, -0.2) is 16.3 Å². The lowest BCUT2D eigenvalue weighted by atomic mass is 10.1. The van der Waals surface area contributed by atoms with Gasteiger partial charge in [0.2, 0.25) is 0 Å². The van der Waals surface area contributed by atoms with Crippen LogP contribution >= 0.6 is 0 Å². The van der Waals surface area contributed by atoms with Crippen LogP contribution < -0.4 is 0 Å². The minimum absolute atomic E-state index is 0.695. The number of carbonyl (C=O) groups excluding carboxylic acids is 1. The Hall–Kier alpha value is -3.07. The van der Waals surface area contributed by atoms with E-state index < -0.39 is 0 Å². The van der Waals surface area contributed by atoms with E-state index in [0.717, 1.165) is 17.4 Å². The molecule has 2 heterocycles. The van der Waals surface area contributed by atoms with Gasteiger partial charge in [0.25, 0.3) is 0 Å². The monoisotopic (exact) mass is 288 g/mol. The number of benzene rings is 1. The molecule has 0 unspecified atom stereocenters. The third-order valence-corrected chi connectivity index (χ3v) is 2.81. The Morgan fingerprint density at radius 2 is 1.09 bits per heavy atom. The number of aldehydes is 1. The molecule has 0 saturated carbocycles. The zero-order valence-electron chi connectivity index (χ0n) is 12.0. The fourth-order valence-electron chi connectivity index (χ4n) is 1.67. The Labute approximate surface area is 130 Å². The van der Waals surface area contributed by atoms with Crippen molar-refractivity contribution < 1.29 is 4.79 Å². The normalized spacial score (nSPS) is 9.82. The van der Waals surface area contributed by atoms with Gasteiger partial charge in [-0.15, -0.1) is 0 Å². The van der Waals surface area contributed by atoms with E-state index >= 15 is 0 Å². The van der Waals surface area contributed by atoms with Crippen molar-refractivity contribution in [3.63, 3.8) is 0 Å². The average molecular weight is 288 g/mol. The fraction of sp³-hybridized carbons (Fsp3) is 0. The fourth-order valence-corrected chi connectivity index (χ4v) is 1.67. The summed E-state index contributed by atoms with van der Waals surface area (Å²) in [5.74, 6) is 0. The molecule has 3 aromatic rings. The van der Waals surface area contributed by atoms with Crippen LogP contribution in [0.3, 0.4) is 0 Å². The summed E-state index contributed by atoms with van der Waals surface area (Å²) in [6.45, 7) is 0. The Balaban J connectivity index is 0.000000246. The highest BCUT2D eigenvalue weighted by Gasteiger charge is 1.89. The van der Waals surface area contributed by atoms with E-state index in [0.29, 0.717) is 5.56 Å². The number of pyridine rings is 2. The van der Waals surface area contributed by atoms with Gasteiger partial charge in [-0.2, -0.15) is 0 Å². The molecular weight excluding hydrogens is 272 g/mol. The van der Waals surface area contributed by atoms with Crippen molar-refractivity contribution in [1.29, 1.82) is 0 Å². The molecule has 0 radical (unpaired) electrons. The lowest BCUT2D eigenvalue weighted by Crippen LogP contribution is -1.78. The van der Waals surface area contributed by atoms with Crippen molar-refractivity contribution in [1.82, 2.24) is 9.97 Å². The van der Waals surface area contributed by atoms with Crippen LogP contribution in [0.2, 0.25) is 0 Å². The summed E-state index contributed by atoms with van der Waals surface area (Å²) in [5.41, 5.74) is 2.87. The lowest BCUT2D eigenvalue weighted by Gasteiger charge is -1.94. The van der Waals surface area contributed by atoms with Gasteiger partial charge in [0, 0.05) is 30.4 Å². The van der Waals surface area contributed by atoms with E-state index in [4.69, 9.17) is 0 Å². The zero-order valence-corrected chi connectivity index (χ0v) is 12.0. The highest BCUT2D eigenvalue weighted by molar-refractivity contribution is 5.76. The Morgan fingerprint density at radius 1 is 0.591 bits per heavy atom. The summed E-state index contributed by atoms with van der Waals surface area (Å²) in [6, 6.07) is 17.0. The van der Waals surface area contributed by atoms with Crippen molar-refractivity contribution in [3.8, 4) is 0 Å². The van der Waals surface area contributed by atoms with Gasteiger partial charge in [-0.1, -0.05) is 42.5 Å². The molecule has 3 nitrogen and oxygen atoms in total. The molecule has 0 saturated heterocycles. The second-order valence-corrected chi connectivity index (χ2v) is 4.42. The molecule has 0 fully saturated rings. The number of carbonyl (C=O) groups is 1. The average Bonchev–Trinajstić information content (AvgIpc) is 2.63. The first-order valence-corrected chi connectivity index (χ1v) is 6.87. The van der Waals surface area contributed by atoms with Crippen LogP contribution in [0, 0.1) is 0 Å². The summed E-state index contributed by atoms with van der Waals surface area (Å²) in [5, 5.41) is 0. The van der Waals surface area contributed by atoms with Gasteiger partial charge < -0.3 is 0 Å². The van der Waals surface area contributed by atoms with E-state index in [9.17, 15) is 4.79 Å². The Bertz CT molecular complexity index is 666. The number of nitrogens with zero attached hydrogens (tertiary/aromatic N) is 2. The van der Waals surface area contributed by atoms with E-state index in [1.807, 2.05) is 54.6 Å². The smallest absolute Gasteiger partial charge is 0.150 e. The van der Waals surface area contributed by atoms with Gasteiger partial charge in [0.1, 0.15) is 6.29 Å². The predicted molar refractivity (Wildman–Crippen MR) is 89.2 cm³/mol. The molecule has 0 aliphatic carbocycles. The van der Waals surface area contributed by atoms with Gasteiger partial charge in [-0.05, 0) is 35.4 Å². The van der Waals surface area contributed by atoms with E-state index in [1.54, 1.807) is 36.9 Å². The second-order valence-electron chi connectivity index (χ2n) is 4.42. The Kier molecular flexibility index (Phi) is 6.25. The first-order valence-electron chi connectivity index (χ1n) is 6.87. The SMILES string of the molecule is O=Cc1ccc(C=Cc2ccncc2)cc1.c1ccncc1. The van der Waals surface area contributed by atoms with E-state index in [-0.39, 0.29) is 0 Å². The molecule has 0 amide bonds. The van der Waals surface area contributed by atoms with Crippen molar-refractivity contribution in [3.05, 3.63) is 96.1 Å². The third-order valence-electron chi connectivity index (χ3n) is 2.81. The van der Waals surface area contributed by atoms with Crippen molar-refractivity contribution in [2.75, 3.05) is 0 Å². The predicted octanol–water partition coefficient (Wildman–Crippen LogP) is 4.15. The molecule has 0 aliphatic rings. The largest absolute Gasteiger partial charge is 0.298 e. The molecule has 0 spiro atoms. The van der Waals surface area contributed by atoms with Gasteiger partial charge in [-0.3, -0.25) is 14.8 Å². The standard InChI is InChI=1S/C14H11NO.C5H5N/c16-11-14-5-3-12(4-6-14)1-2-13-7-9-15-10-8-13;1-2-4-6-5-3-1/h1-11H;1-5H. The summed E-state index contributed by atoms with van der Waals surface area (Å²) >= 11 is 0.